The molecule has 2 aliphatic rings. The lowest BCUT2D eigenvalue weighted by atomic mass is 10.2. The number of benzene rings is 1. The summed E-state index contributed by atoms with van der Waals surface area (Å²) in [5, 5.41) is 6.75. The number of piperazine rings is 1. The molecule has 2 aliphatic heterocycles. The lowest BCUT2D eigenvalue weighted by Crippen LogP contribution is -2.43. The van der Waals surface area contributed by atoms with Crippen molar-refractivity contribution in [1.29, 1.82) is 0 Å². The van der Waals surface area contributed by atoms with Crippen LogP contribution in [0, 0.1) is 0 Å². The number of hydrogen-bond acceptors (Lipinski definition) is 4. The van der Waals surface area contributed by atoms with Gasteiger partial charge in [-0.2, -0.15) is 0 Å². The van der Waals surface area contributed by atoms with E-state index in [9.17, 15) is 0 Å². The van der Waals surface area contributed by atoms with Gasteiger partial charge in [-0.25, -0.2) is 0 Å². The molecule has 2 heterocycles. The maximum atomic E-state index is 5.82. The third kappa shape index (κ3) is 2.21. The Kier molecular flexibility index (Phi) is 3.11. The van der Waals surface area contributed by atoms with E-state index in [2.05, 4.69) is 43.6 Å². The quantitative estimate of drug-likeness (QED) is 0.827. The van der Waals surface area contributed by atoms with Crippen LogP contribution in [0.5, 0.6) is 5.75 Å². The van der Waals surface area contributed by atoms with Gasteiger partial charge in [0.2, 0.25) is 0 Å². The molecule has 1 aromatic carbocycles. The minimum absolute atomic E-state index is 0.744. The van der Waals surface area contributed by atoms with Gasteiger partial charge in [0, 0.05) is 37.2 Å². The smallest absolute Gasteiger partial charge is 0.165 e. The van der Waals surface area contributed by atoms with Crippen LogP contribution < -0.4 is 20.3 Å². The Labute approximate surface area is 109 Å². The molecule has 1 aromatic rings. The SMILES string of the molecule is Brc1cc2c(c(N3CCNCC3)c1)OCCN2. The molecular weight excluding hydrogens is 282 g/mol. The first-order valence-electron chi connectivity index (χ1n) is 6.00. The Morgan fingerprint density at radius 1 is 1.18 bits per heavy atom. The molecular formula is C12H16BrN3O. The molecule has 0 aromatic heterocycles. The molecule has 92 valence electrons. The summed E-state index contributed by atoms with van der Waals surface area (Å²) in [7, 11) is 0. The van der Waals surface area contributed by atoms with Crippen LogP contribution in [-0.4, -0.2) is 39.3 Å². The first kappa shape index (κ1) is 11.2. The Morgan fingerprint density at radius 3 is 2.82 bits per heavy atom. The highest BCUT2D eigenvalue weighted by molar-refractivity contribution is 9.10. The van der Waals surface area contributed by atoms with Crippen molar-refractivity contribution in [1.82, 2.24) is 5.32 Å². The highest BCUT2D eigenvalue weighted by atomic mass is 79.9. The van der Waals surface area contributed by atoms with Crippen molar-refractivity contribution in [3.05, 3.63) is 16.6 Å². The summed E-state index contributed by atoms with van der Waals surface area (Å²) in [5.41, 5.74) is 2.29. The van der Waals surface area contributed by atoms with E-state index in [1.807, 2.05) is 0 Å². The van der Waals surface area contributed by atoms with Crippen molar-refractivity contribution in [2.24, 2.45) is 0 Å². The molecule has 5 heteroatoms. The first-order chi connectivity index (χ1) is 8.34. The number of anilines is 2. The molecule has 4 nitrogen and oxygen atoms in total. The van der Waals surface area contributed by atoms with Crippen molar-refractivity contribution in [2.45, 2.75) is 0 Å². The normalized spacial score (nSPS) is 19.2. The van der Waals surface area contributed by atoms with Gasteiger partial charge in [0.05, 0.1) is 11.4 Å². The van der Waals surface area contributed by atoms with Gasteiger partial charge >= 0.3 is 0 Å². The third-order valence-electron chi connectivity index (χ3n) is 3.16. The summed E-state index contributed by atoms with van der Waals surface area (Å²) in [4.78, 5) is 2.38. The Bertz CT molecular complexity index is 418. The van der Waals surface area contributed by atoms with Gasteiger partial charge in [0.1, 0.15) is 6.61 Å². The summed E-state index contributed by atoms with van der Waals surface area (Å²) in [6, 6.07) is 4.23. The molecule has 0 amide bonds. The number of fused-ring (bicyclic) bond motifs is 1. The zero-order valence-corrected chi connectivity index (χ0v) is 11.2. The Balaban J connectivity index is 1.98. The van der Waals surface area contributed by atoms with Crippen LogP contribution in [0.4, 0.5) is 11.4 Å². The van der Waals surface area contributed by atoms with Gasteiger partial charge in [-0.3, -0.25) is 0 Å². The van der Waals surface area contributed by atoms with Crippen LogP contribution in [0.1, 0.15) is 0 Å². The fourth-order valence-electron chi connectivity index (χ4n) is 2.34. The number of hydrogen-bond donors (Lipinski definition) is 2. The summed E-state index contributed by atoms with van der Waals surface area (Å²) in [6.07, 6.45) is 0. The Morgan fingerprint density at radius 2 is 2.00 bits per heavy atom. The predicted octanol–water partition coefficient (Wildman–Crippen LogP) is 1.66. The highest BCUT2D eigenvalue weighted by Gasteiger charge is 2.20. The van der Waals surface area contributed by atoms with Crippen LogP contribution in [0.15, 0.2) is 16.6 Å². The molecule has 3 rings (SSSR count). The fraction of sp³-hybridized carbons (Fsp3) is 0.500. The highest BCUT2D eigenvalue weighted by Crippen LogP contribution is 2.40. The van der Waals surface area contributed by atoms with Crippen molar-refractivity contribution in [2.75, 3.05) is 49.5 Å². The molecule has 1 saturated heterocycles. The molecule has 0 aliphatic carbocycles. The van der Waals surface area contributed by atoms with Crippen LogP contribution in [0.25, 0.3) is 0 Å². The Hall–Kier alpha value is -0.940. The van der Waals surface area contributed by atoms with Crippen LogP contribution >= 0.6 is 15.9 Å². The standard InChI is InChI=1S/C12H16BrN3O/c13-9-7-10-12(17-6-3-15-10)11(8-9)16-4-1-14-2-5-16/h7-8,14-15H,1-6H2. The second-order valence-corrected chi connectivity index (χ2v) is 5.23. The lowest BCUT2D eigenvalue weighted by Gasteiger charge is -2.33. The molecule has 0 atom stereocenters. The molecule has 17 heavy (non-hydrogen) atoms. The average Bonchev–Trinajstić information content (AvgIpc) is 2.39. The monoisotopic (exact) mass is 297 g/mol. The van der Waals surface area contributed by atoms with E-state index in [-0.39, 0.29) is 0 Å². The molecule has 0 bridgehead atoms. The minimum Gasteiger partial charge on any atom is -0.487 e. The summed E-state index contributed by atoms with van der Waals surface area (Å²) < 4.78 is 6.92. The average molecular weight is 298 g/mol. The third-order valence-corrected chi connectivity index (χ3v) is 3.61. The van der Waals surface area contributed by atoms with E-state index in [4.69, 9.17) is 4.74 Å². The van der Waals surface area contributed by atoms with E-state index in [0.717, 1.165) is 55.2 Å². The largest absolute Gasteiger partial charge is 0.487 e. The van der Waals surface area contributed by atoms with Gasteiger partial charge in [-0.1, -0.05) is 15.9 Å². The molecule has 0 saturated carbocycles. The van der Waals surface area contributed by atoms with Gasteiger partial charge in [-0.05, 0) is 12.1 Å². The number of halogens is 1. The van der Waals surface area contributed by atoms with Crippen molar-refractivity contribution < 1.29 is 4.74 Å². The zero-order valence-electron chi connectivity index (χ0n) is 9.63. The fourth-order valence-corrected chi connectivity index (χ4v) is 2.79. The maximum absolute atomic E-state index is 5.82. The molecule has 0 spiro atoms. The van der Waals surface area contributed by atoms with Gasteiger partial charge in [0.15, 0.2) is 5.75 Å². The van der Waals surface area contributed by atoms with Crippen LogP contribution in [0.2, 0.25) is 0 Å². The summed E-state index contributed by atoms with van der Waals surface area (Å²) in [6.45, 7) is 5.76. The van der Waals surface area contributed by atoms with Crippen molar-refractivity contribution >= 4 is 27.3 Å². The van der Waals surface area contributed by atoms with E-state index in [1.165, 1.54) is 5.69 Å². The molecule has 0 radical (unpaired) electrons. The minimum atomic E-state index is 0.744. The van der Waals surface area contributed by atoms with E-state index in [0.29, 0.717) is 0 Å². The number of nitrogens with zero attached hydrogens (tertiary/aromatic N) is 1. The van der Waals surface area contributed by atoms with E-state index >= 15 is 0 Å². The second-order valence-electron chi connectivity index (χ2n) is 4.31. The van der Waals surface area contributed by atoms with E-state index < -0.39 is 0 Å². The van der Waals surface area contributed by atoms with Crippen molar-refractivity contribution in [3.8, 4) is 5.75 Å². The maximum Gasteiger partial charge on any atom is 0.165 e. The molecule has 1 fully saturated rings. The molecule has 2 N–H and O–H groups in total. The van der Waals surface area contributed by atoms with Gasteiger partial charge in [-0.15, -0.1) is 0 Å². The molecule has 0 unspecified atom stereocenters. The number of rotatable bonds is 1. The second kappa shape index (κ2) is 4.74. The predicted molar refractivity (Wildman–Crippen MR) is 73.2 cm³/mol. The lowest BCUT2D eigenvalue weighted by molar-refractivity contribution is 0.323. The topological polar surface area (TPSA) is 36.5 Å². The van der Waals surface area contributed by atoms with Crippen molar-refractivity contribution in [3.63, 3.8) is 0 Å². The van der Waals surface area contributed by atoms with Gasteiger partial charge in [0.25, 0.3) is 0 Å². The zero-order chi connectivity index (χ0) is 11.7. The van der Waals surface area contributed by atoms with Crippen LogP contribution in [-0.2, 0) is 0 Å². The first-order valence-corrected chi connectivity index (χ1v) is 6.80. The van der Waals surface area contributed by atoms with E-state index in [1.54, 1.807) is 0 Å². The van der Waals surface area contributed by atoms with Gasteiger partial charge < -0.3 is 20.3 Å². The number of ether oxygens (including phenoxy) is 1. The number of nitrogens with one attached hydrogen (secondary N) is 2. The van der Waals surface area contributed by atoms with Crippen LogP contribution in [0.3, 0.4) is 0 Å². The summed E-state index contributed by atoms with van der Waals surface area (Å²) >= 11 is 3.57. The summed E-state index contributed by atoms with van der Waals surface area (Å²) in [5.74, 6) is 1.00.